The van der Waals surface area contributed by atoms with Crippen LogP contribution < -0.4 is 13.8 Å². The fourth-order valence-corrected chi connectivity index (χ4v) is 8.62. The molecule has 2 heterocycles. The summed E-state index contributed by atoms with van der Waals surface area (Å²) < 4.78 is 92.0. The van der Waals surface area contributed by atoms with Gasteiger partial charge in [-0.15, -0.1) is 0 Å². The lowest BCUT2D eigenvalue weighted by Gasteiger charge is -2.36. The van der Waals surface area contributed by atoms with Crippen molar-refractivity contribution < 1.29 is 40.1 Å². The first-order chi connectivity index (χ1) is 20.5. The van der Waals surface area contributed by atoms with Crippen LogP contribution in [-0.4, -0.2) is 67.8 Å². The number of methoxy groups -OCH3 is 1. The number of fused-ring (bicyclic) bond motifs is 1. The number of hydrogen-bond donors (Lipinski definition) is 0. The Bertz CT molecular complexity index is 1680. The van der Waals surface area contributed by atoms with Crippen LogP contribution >= 0.6 is 0 Å². The molecule has 14 heteroatoms. The Balaban J connectivity index is 1.47. The van der Waals surface area contributed by atoms with Crippen molar-refractivity contribution in [1.29, 1.82) is 0 Å². The molecule has 0 radical (unpaired) electrons. The van der Waals surface area contributed by atoms with E-state index in [1.54, 1.807) is 41.3 Å². The number of halogens is 3. The first kappa shape index (κ1) is 31.1. The van der Waals surface area contributed by atoms with Crippen LogP contribution in [0, 0.1) is 0 Å². The SMILES string of the molecule is COc1cccc(-c2ccc3c(c2)N(S(=O)(=O)c2cccc(C(F)(F)F)c2)C[C@H](CCC(=O)N2CCS(=S=O)CC2)O3)c1. The molecule has 8 nitrogen and oxygen atoms in total. The zero-order chi connectivity index (χ0) is 30.8. The second-order valence-electron chi connectivity index (χ2n) is 10.1. The highest BCUT2D eigenvalue weighted by Crippen LogP contribution is 2.41. The second kappa shape index (κ2) is 12.7. The summed E-state index contributed by atoms with van der Waals surface area (Å²) in [6.07, 6.45) is -5.16. The van der Waals surface area contributed by atoms with Crippen molar-refractivity contribution >= 4 is 41.3 Å². The van der Waals surface area contributed by atoms with Crippen LogP contribution in [0.3, 0.4) is 0 Å². The Hall–Kier alpha value is -3.36. The number of carbonyl (C=O) groups is 1. The Labute approximate surface area is 253 Å². The summed E-state index contributed by atoms with van der Waals surface area (Å²) in [7, 11) is -2.65. The summed E-state index contributed by atoms with van der Waals surface area (Å²) in [5.41, 5.74) is 0.498. The molecule has 1 fully saturated rings. The van der Waals surface area contributed by atoms with Crippen molar-refractivity contribution in [2.24, 2.45) is 0 Å². The number of rotatable bonds is 7. The Morgan fingerprint density at radius 1 is 1.05 bits per heavy atom. The van der Waals surface area contributed by atoms with Gasteiger partial charge >= 0.3 is 6.18 Å². The molecule has 230 valence electrons. The topological polar surface area (TPSA) is 93.2 Å². The minimum atomic E-state index is -4.72. The largest absolute Gasteiger partial charge is 0.497 e. The summed E-state index contributed by atoms with van der Waals surface area (Å²) in [5, 5.41) is 0. The zero-order valence-electron chi connectivity index (χ0n) is 23.1. The molecule has 0 aromatic heterocycles. The summed E-state index contributed by atoms with van der Waals surface area (Å²) in [6.45, 7) is 0.792. The standard InChI is InChI=1S/C29H29F3N2O6S3/c1-39-23-6-2-4-20(16-23)21-8-10-27-26(17-21)34(43(37,38)25-7-3-5-22(18-25)29(30,31)32)19-24(40-27)9-11-28(35)33-12-14-42(41-36)15-13-33/h2-8,10,16-18,24H,9,11-15,19H2,1H3/t24-/m0/s1. The monoisotopic (exact) mass is 654 g/mol. The molecule has 0 aliphatic carbocycles. The van der Waals surface area contributed by atoms with E-state index in [1.807, 2.05) is 6.07 Å². The fourth-order valence-electron chi connectivity index (χ4n) is 5.03. The normalized spacial score (nSPS) is 17.6. The third-order valence-electron chi connectivity index (χ3n) is 7.35. The first-order valence-electron chi connectivity index (χ1n) is 13.4. The van der Waals surface area contributed by atoms with Gasteiger partial charge in [0.05, 0.1) is 29.8 Å². The molecular formula is C29H29F3N2O6S3. The van der Waals surface area contributed by atoms with Gasteiger partial charge in [0.2, 0.25) is 5.91 Å². The highest BCUT2D eigenvalue weighted by Gasteiger charge is 2.37. The molecule has 5 rings (SSSR count). The van der Waals surface area contributed by atoms with E-state index in [0.29, 0.717) is 52.2 Å². The van der Waals surface area contributed by atoms with Gasteiger partial charge in [0, 0.05) is 31.0 Å². The molecule has 0 unspecified atom stereocenters. The summed E-state index contributed by atoms with van der Waals surface area (Å²) >= 11 is 0. The third-order valence-corrected chi connectivity index (χ3v) is 12.2. The maximum atomic E-state index is 13.9. The molecule has 3 aromatic rings. The Kier molecular flexibility index (Phi) is 9.18. The van der Waals surface area contributed by atoms with Gasteiger partial charge in [0.1, 0.15) is 27.8 Å². The van der Waals surface area contributed by atoms with E-state index in [4.69, 9.17) is 9.47 Å². The van der Waals surface area contributed by atoms with E-state index in [0.717, 1.165) is 28.1 Å². The minimum Gasteiger partial charge on any atom is -0.497 e. The van der Waals surface area contributed by atoms with E-state index >= 15 is 0 Å². The van der Waals surface area contributed by atoms with E-state index < -0.39 is 32.8 Å². The molecule has 43 heavy (non-hydrogen) atoms. The average Bonchev–Trinajstić information content (AvgIpc) is 3.02. The minimum absolute atomic E-state index is 0.0949. The molecule has 0 spiro atoms. The third kappa shape index (κ3) is 6.91. The van der Waals surface area contributed by atoms with Gasteiger partial charge in [-0.25, -0.2) is 12.6 Å². The molecule has 2 aliphatic heterocycles. The van der Waals surface area contributed by atoms with E-state index in [1.165, 1.54) is 7.11 Å². The zero-order valence-corrected chi connectivity index (χ0v) is 25.5. The molecule has 0 bridgehead atoms. The quantitative estimate of drug-likeness (QED) is 0.367. The molecule has 0 N–H and O–H groups in total. The van der Waals surface area contributed by atoms with Crippen LogP contribution in [-0.2, 0) is 40.7 Å². The summed E-state index contributed by atoms with van der Waals surface area (Å²) in [5.74, 6) is 2.01. The number of carbonyl (C=O) groups excluding carboxylic acids is 1. The lowest BCUT2D eigenvalue weighted by molar-refractivity contribution is -0.137. The molecule has 0 saturated carbocycles. The number of sulfonamides is 1. The molecule has 1 amide bonds. The van der Waals surface area contributed by atoms with E-state index in [-0.39, 0.29) is 46.2 Å². The van der Waals surface area contributed by atoms with Gasteiger partial charge in [0.25, 0.3) is 10.0 Å². The van der Waals surface area contributed by atoms with Crippen molar-refractivity contribution in [3.8, 4) is 22.6 Å². The molecule has 1 atom stereocenters. The highest BCUT2D eigenvalue weighted by atomic mass is 32.8. The first-order valence-corrected chi connectivity index (χ1v) is 17.7. The fraction of sp³-hybridized carbons (Fsp3) is 0.345. The molecular weight excluding hydrogens is 626 g/mol. The number of alkyl halides is 3. The number of benzene rings is 3. The highest BCUT2D eigenvalue weighted by molar-refractivity contribution is 8.31. The van der Waals surface area contributed by atoms with Crippen LogP contribution in [0.1, 0.15) is 18.4 Å². The van der Waals surface area contributed by atoms with Crippen LogP contribution in [0.15, 0.2) is 71.6 Å². The average molecular weight is 655 g/mol. The Morgan fingerprint density at radius 3 is 2.47 bits per heavy atom. The number of ether oxygens (including phenoxy) is 2. The summed E-state index contributed by atoms with van der Waals surface area (Å²) in [6, 6.07) is 15.8. The van der Waals surface area contributed by atoms with Crippen LogP contribution in [0.25, 0.3) is 11.1 Å². The van der Waals surface area contributed by atoms with Crippen LogP contribution in [0.2, 0.25) is 0 Å². The number of anilines is 1. The van der Waals surface area contributed by atoms with Crippen molar-refractivity contribution in [2.45, 2.75) is 30.0 Å². The van der Waals surface area contributed by atoms with Gasteiger partial charge in [-0.05, 0) is 60.0 Å². The molecule has 3 aromatic carbocycles. The van der Waals surface area contributed by atoms with Crippen molar-refractivity contribution in [2.75, 3.05) is 42.6 Å². The van der Waals surface area contributed by atoms with Crippen molar-refractivity contribution in [1.82, 2.24) is 4.90 Å². The smallest absolute Gasteiger partial charge is 0.416 e. The lowest BCUT2D eigenvalue weighted by atomic mass is 10.0. The van der Waals surface area contributed by atoms with Crippen molar-refractivity contribution in [3.63, 3.8) is 0 Å². The number of amides is 1. The van der Waals surface area contributed by atoms with E-state index in [2.05, 4.69) is 0 Å². The van der Waals surface area contributed by atoms with E-state index in [9.17, 15) is 30.6 Å². The van der Waals surface area contributed by atoms with Gasteiger partial charge in [-0.3, -0.25) is 9.10 Å². The predicted molar refractivity (Wildman–Crippen MR) is 160 cm³/mol. The number of hydrogen-bond acceptors (Lipinski definition) is 6. The van der Waals surface area contributed by atoms with Gasteiger partial charge in [-0.1, -0.05) is 33.7 Å². The predicted octanol–water partition coefficient (Wildman–Crippen LogP) is 4.71. The molecule has 1 saturated heterocycles. The second-order valence-corrected chi connectivity index (χ2v) is 15.6. The number of nitrogens with zero attached hydrogens (tertiary/aromatic N) is 2. The maximum absolute atomic E-state index is 13.9. The Morgan fingerprint density at radius 2 is 1.77 bits per heavy atom. The summed E-state index contributed by atoms with van der Waals surface area (Å²) in [4.78, 5) is 14.1. The molecule has 2 aliphatic rings. The maximum Gasteiger partial charge on any atom is 0.416 e. The van der Waals surface area contributed by atoms with Gasteiger partial charge in [0.15, 0.2) is 0 Å². The van der Waals surface area contributed by atoms with Gasteiger partial charge in [-0.2, -0.15) is 13.2 Å². The van der Waals surface area contributed by atoms with Crippen molar-refractivity contribution in [3.05, 3.63) is 72.3 Å². The van der Waals surface area contributed by atoms with Gasteiger partial charge < -0.3 is 14.4 Å². The van der Waals surface area contributed by atoms with Crippen LogP contribution in [0.4, 0.5) is 18.9 Å². The lowest BCUT2D eigenvalue weighted by Crippen LogP contribution is -2.45. The van der Waals surface area contributed by atoms with Crippen LogP contribution in [0.5, 0.6) is 11.5 Å².